The SMILES string of the molecule is Cc1c(C)c(C)c(C(=O)OCC(=O)NC(=O)NC(C)(C)C)c(C)c1C. The van der Waals surface area contributed by atoms with E-state index < -0.39 is 30.1 Å². The molecule has 1 aromatic rings. The number of nitrogens with one attached hydrogen (secondary N) is 2. The molecule has 0 atom stereocenters. The van der Waals surface area contributed by atoms with E-state index in [0.29, 0.717) is 5.56 Å². The summed E-state index contributed by atoms with van der Waals surface area (Å²) in [5.74, 6) is -1.24. The first-order chi connectivity index (χ1) is 11.3. The van der Waals surface area contributed by atoms with Crippen molar-refractivity contribution in [2.24, 2.45) is 0 Å². The van der Waals surface area contributed by atoms with Gasteiger partial charge in [-0.15, -0.1) is 0 Å². The lowest BCUT2D eigenvalue weighted by atomic mass is 9.90. The lowest BCUT2D eigenvalue weighted by Crippen LogP contribution is -2.49. The van der Waals surface area contributed by atoms with Gasteiger partial charge >= 0.3 is 12.0 Å². The van der Waals surface area contributed by atoms with Crippen LogP contribution in [0.25, 0.3) is 0 Å². The Kier molecular flexibility index (Phi) is 6.35. The quantitative estimate of drug-likeness (QED) is 0.823. The number of carbonyl (C=O) groups excluding carboxylic acids is 3. The van der Waals surface area contributed by atoms with Crippen molar-refractivity contribution in [3.05, 3.63) is 33.4 Å². The Morgan fingerprint density at radius 1 is 0.840 bits per heavy atom. The third kappa shape index (κ3) is 5.31. The van der Waals surface area contributed by atoms with Crippen LogP contribution in [0.15, 0.2) is 0 Å². The lowest BCUT2D eigenvalue weighted by Gasteiger charge is -2.20. The van der Waals surface area contributed by atoms with E-state index in [0.717, 1.165) is 27.8 Å². The predicted octanol–water partition coefficient (Wildman–Crippen LogP) is 3.01. The maximum absolute atomic E-state index is 12.4. The number of rotatable bonds is 3. The molecule has 0 saturated carbocycles. The highest BCUT2D eigenvalue weighted by atomic mass is 16.5. The zero-order valence-corrected chi connectivity index (χ0v) is 16.3. The molecule has 1 rings (SSSR count). The monoisotopic (exact) mass is 348 g/mol. The summed E-state index contributed by atoms with van der Waals surface area (Å²) in [4.78, 5) is 35.8. The Labute approximate surface area is 149 Å². The van der Waals surface area contributed by atoms with Gasteiger partial charge in [-0.1, -0.05) is 0 Å². The maximum Gasteiger partial charge on any atom is 0.339 e. The van der Waals surface area contributed by atoms with Gasteiger partial charge in [0, 0.05) is 5.54 Å². The molecule has 0 bridgehead atoms. The van der Waals surface area contributed by atoms with Gasteiger partial charge in [0.15, 0.2) is 6.61 Å². The van der Waals surface area contributed by atoms with Crippen LogP contribution in [0, 0.1) is 34.6 Å². The van der Waals surface area contributed by atoms with Crippen LogP contribution in [0.3, 0.4) is 0 Å². The smallest absolute Gasteiger partial charge is 0.339 e. The van der Waals surface area contributed by atoms with E-state index in [4.69, 9.17) is 4.74 Å². The Balaban J connectivity index is 2.79. The van der Waals surface area contributed by atoms with E-state index in [1.54, 1.807) is 20.8 Å². The first-order valence-corrected chi connectivity index (χ1v) is 8.21. The third-order valence-electron chi connectivity index (χ3n) is 4.28. The first-order valence-electron chi connectivity index (χ1n) is 8.21. The van der Waals surface area contributed by atoms with Crippen molar-refractivity contribution in [2.45, 2.75) is 60.9 Å². The van der Waals surface area contributed by atoms with Crippen molar-refractivity contribution in [1.82, 2.24) is 10.6 Å². The van der Waals surface area contributed by atoms with Gasteiger partial charge in [0.1, 0.15) is 0 Å². The van der Waals surface area contributed by atoms with Crippen LogP contribution < -0.4 is 10.6 Å². The summed E-state index contributed by atoms with van der Waals surface area (Å²) in [5, 5.41) is 4.74. The number of amides is 3. The van der Waals surface area contributed by atoms with Crippen LogP contribution in [0.2, 0.25) is 0 Å². The highest BCUT2D eigenvalue weighted by Crippen LogP contribution is 2.26. The summed E-state index contributed by atoms with van der Waals surface area (Å²) >= 11 is 0. The van der Waals surface area contributed by atoms with Crippen molar-refractivity contribution in [3.63, 3.8) is 0 Å². The Bertz CT molecular complexity index is 686. The normalized spacial score (nSPS) is 11.0. The molecule has 0 aromatic heterocycles. The molecule has 1 aromatic carbocycles. The van der Waals surface area contributed by atoms with Crippen molar-refractivity contribution < 1.29 is 19.1 Å². The third-order valence-corrected chi connectivity index (χ3v) is 4.28. The van der Waals surface area contributed by atoms with E-state index in [9.17, 15) is 14.4 Å². The van der Waals surface area contributed by atoms with Crippen LogP contribution in [-0.4, -0.2) is 30.1 Å². The minimum atomic E-state index is -0.675. The fourth-order valence-corrected chi connectivity index (χ4v) is 2.54. The standard InChI is InChI=1S/C19H28N2O4/c1-10-11(2)13(4)16(14(5)12(10)3)17(23)25-9-15(22)20-18(24)21-19(6,7)8/h9H2,1-8H3,(H2,20,21,22,24). The lowest BCUT2D eigenvalue weighted by molar-refractivity contribution is -0.123. The number of ether oxygens (including phenoxy) is 1. The molecule has 0 aliphatic rings. The summed E-state index contributed by atoms with van der Waals surface area (Å²) in [5.41, 5.74) is 4.91. The molecular formula is C19H28N2O4. The van der Waals surface area contributed by atoms with Crippen molar-refractivity contribution in [3.8, 4) is 0 Å². The van der Waals surface area contributed by atoms with Crippen LogP contribution in [0.4, 0.5) is 4.79 Å². The number of benzene rings is 1. The molecule has 0 unspecified atom stereocenters. The summed E-state index contributed by atoms with van der Waals surface area (Å²) in [6, 6.07) is -0.622. The molecule has 0 heterocycles. The molecule has 0 radical (unpaired) electrons. The van der Waals surface area contributed by atoms with E-state index in [-0.39, 0.29) is 0 Å². The zero-order chi connectivity index (χ0) is 19.5. The average molecular weight is 348 g/mol. The van der Waals surface area contributed by atoms with Crippen molar-refractivity contribution >= 4 is 17.9 Å². The zero-order valence-electron chi connectivity index (χ0n) is 16.3. The van der Waals surface area contributed by atoms with E-state index in [1.807, 2.05) is 34.6 Å². The number of esters is 1. The summed E-state index contributed by atoms with van der Waals surface area (Å²) in [6.07, 6.45) is 0. The number of carbonyl (C=O) groups is 3. The minimum Gasteiger partial charge on any atom is -0.452 e. The van der Waals surface area contributed by atoms with Gasteiger partial charge in [-0.2, -0.15) is 0 Å². The van der Waals surface area contributed by atoms with Gasteiger partial charge in [-0.3, -0.25) is 10.1 Å². The van der Waals surface area contributed by atoms with E-state index in [1.165, 1.54) is 0 Å². The van der Waals surface area contributed by atoms with E-state index in [2.05, 4.69) is 10.6 Å². The van der Waals surface area contributed by atoms with Crippen molar-refractivity contribution in [1.29, 1.82) is 0 Å². The minimum absolute atomic E-state index is 0.466. The fourth-order valence-electron chi connectivity index (χ4n) is 2.54. The fraction of sp³-hybridized carbons (Fsp3) is 0.526. The van der Waals surface area contributed by atoms with Gasteiger partial charge in [-0.05, 0) is 83.2 Å². The number of hydrogen-bond acceptors (Lipinski definition) is 4. The molecular weight excluding hydrogens is 320 g/mol. The Morgan fingerprint density at radius 2 is 1.28 bits per heavy atom. The molecule has 3 amide bonds. The highest BCUT2D eigenvalue weighted by Gasteiger charge is 2.21. The molecule has 0 fully saturated rings. The molecule has 0 aliphatic heterocycles. The van der Waals surface area contributed by atoms with Gasteiger partial charge < -0.3 is 10.1 Å². The maximum atomic E-state index is 12.4. The highest BCUT2D eigenvalue weighted by molar-refractivity contribution is 5.98. The second-order valence-electron chi connectivity index (χ2n) is 7.33. The van der Waals surface area contributed by atoms with Crippen LogP contribution in [0.5, 0.6) is 0 Å². The molecule has 0 aliphatic carbocycles. The van der Waals surface area contributed by atoms with Crippen molar-refractivity contribution in [2.75, 3.05) is 6.61 Å². The van der Waals surface area contributed by atoms with Gasteiger partial charge in [-0.25, -0.2) is 9.59 Å². The first kappa shape index (κ1) is 20.7. The molecule has 6 heteroatoms. The summed E-state index contributed by atoms with van der Waals surface area (Å²) < 4.78 is 5.10. The second kappa shape index (κ2) is 7.68. The largest absolute Gasteiger partial charge is 0.452 e. The van der Waals surface area contributed by atoms with Crippen LogP contribution in [0.1, 0.15) is 58.9 Å². The molecule has 0 spiro atoms. The van der Waals surface area contributed by atoms with E-state index >= 15 is 0 Å². The average Bonchev–Trinajstić information content (AvgIpc) is 2.47. The number of hydrogen-bond donors (Lipinski definition) is 2. The molecule has 0 saturated heterocycles. The van der Waals surface area contributed by atoms with Gasteiger partial charge in [0.05, 0.1) is 5.56 Å². The molecule has 25 heavy (non-hydrogen) atoms. The number of imide groups is 1. The molecule has 6 nitrogen and oxygen atoms in total. The van der Waals surface area contributed by atoms with Gasteiger partial charge in [0.25, 0.3) is 5.91 Å². The second-order valence-corrected chi connectivity index (χ2v) is 7.33. The van der Waals surface area contributed by atoms with Crippen LogP contribution in [-0.2, 0) is 9.53 Å². The Hall–Kier alpha value is -2.37. The molecule has 2 N–H and O–H groups in total. The summed E-state index contributed by atoms with van der Waals surface area (Å²) in [6.45, 7) is 14.5. The molecule has 138 valence electrons. The number of urea groups is 1. The topological polar surface area (TPSA) is 84.5 Å². The Morgan fingerprint density at radius 3 is 1.72 bits per heavy atom. The predicted molar refractivity (Wildman–Crippen MR) is 96.8 cm³/mol. The van der Waals surface area contributed by atoms with Crippen LogP contribution >= 0.6 is 0 Å². The van der Waals surface area contributed by atoms with Gasteiger partial charge in [0.2, 0.25) is 0 Å². The summed E-state index contributed by atoms with van der Waals surface area (Å²) in [7, 11) is 0.